The van der Waals surface area contributed by atoms with Gasteiger partial charge in [0, 0.05) is 44.3 Å². The lowest BCUT2D eigenvalue weighted by atomic mass is 10.0. The SMILES string of the molecule is Cc1cc(S(=O)(=O)N(OC(=O)C(F)(F)F)c2cscn2)cnc1N(C)C1CCN(Cc2ccccc2)CC1. The van der Waals surface area contributed by atoms with Gasteiger partial charge in [-0.2, -0.15) is 21.6 Å². The molecule has 0 amide bonds. The number of carbonyl (C=O) groups excluding carboxylic acids is 1. The van der Waals surface area contributed by atoms with Crippen molar-refractivity contribution in [2.45, 2.75) is 43.4 Å². The number of piperidine rings is 1. The van der Waals surface area contributed by atoms with E-state index in [4.69, 9.17) is 0 Å². The van der Waals surface area contributed by atoms with Crippen molar-refractivity contribution in [3.8, 4) is 0 Å². The van der Waals surface area contributed by atoms with Crippen LogP contribution in [0.3, 0.4) is 0 Å². The number of thiazole rings is 1. The molecule has 1 fully saturated rings. The highest BCUT2D eigenvalue weighted by molar-refractivity contribution is 7.92. The van der Waals surface area contributed by atoms with Crippen LogP contribution in [-0.2, 0) is 26.2 Å². The van der Waals surface area contributed by atoms with Crippen LogP contribution in [-0.4, -0.2) is 61.6 Å². The number of carbonyl (C=O) groups is 1. The Kier molecular flexibility index (Phi) is 8.23. The smallest absolute Gasteiger partial charge is 0.356 e. The van der Waals surface area contributed by atoms with E-state index in [1.165, 1.54) is 17.1 Å². The Labute approximate surface area is 222 Å². The van der Waals surface area contributed by atoms with Gasteiger partial charge in [0.15, 0.2) is 5.82 Å². The van der Waals surface area contributed by atoms with Gasteiger partial charge in [-0.25, -0.2) is 14.8 Å². The maximum atomic E-state index is 13.2. The van der Waals surface area contributed by atoms with Crippen molar-refractivity contribution in [2.24, 2.45) is 0 Å². The van der Waals surface area contributed by atoms with Crippen molar-refractivity contribution < 1.29 is 31.2 Å². The molecule has 0 unspecified atom stereocenters. The molecule has 0 N–H and O–H groups in total. The Morgan fingerprint density at radius 3 is 2.45 bits per heavy atom. The van der Waals surface area contributed by atoms with E-state index in [0.717, 1.165) is 55.4 Å². The summed E-state index contributed by atoms with van der Waals surface area (Å²) in [5.74, 6) is -2.61. The number of aryl methyl sites for hydroxylation is 1. The highest BCUT2D eigenvalue weighted by Crippen LogP contribution is 2.30. The molecule has 0 bridgehead atoms. The topological polar surface area (TPSA) is 95.9 Å². The number of pyridine rings is 1. The number of alkyl halides is 3. The molecule has 2 aromatic heterocycles. The Bertz CT molecular complexity index is 1350. The van der Waals surface area contributed by atoms with Gasteiger partial charge in [0.25, 0.3) is 10.0 Å². The summed E-state index contributed by atoms with van der Waals surface area (Å²) in [7, 11) is -2.88. The summed E-state index contributed by atoms with van der Waals surface area (Å²) >= 11 is 0.924. The summed E-state index contributed by atoms with van der Waals surface area (Å²) < 4.78 is 64.7. The molecule has 1 aromatic carbocycles. The normalized spacial score (nSPS) is 15.3. The molecule has 38 heavy (non-hydrogen) atoms. The first-order valence-corrected chi connectivity index (χ1v) is 14.0. The van der Waals surface area contributed by atoms with Crippen LogP contribution in [0.5, 0.6) is 0 Å². The molecule has 9 nitrogen and oxygen atoms in total. The maximum absolute atomic E-state index is 13.2. The number of hydrogen-bond acceptors (Lipinski definition) is 9. The highest BCUT2D eigenvalue weighted by Gasteiger charge is 2.45. The van der Waals surface area contributed by atoms with E-state index in [2.05, 4.69) is 31.8 Å². The van der Waals surface area contributed by atoms with Gasteiger partial charge in [-0.3, -0.25) is 4.90 Å². The molecule has 0 aliphatic carbocycles. The van der Waals surface area contributed by atoms with Crippen LogP contribution in [0.2, 0.25) is 0 Å². The van der Waals surface area contributed by atoms with Crippen LogP contribution in [0.15, 0.2) is 58.4 Å². The summed E-state index contributed by atoms with van der Waals surface area (Å²) in [5.41, 5.74) is 2.95. The average molecular weight is 570 g/mol. The van der Waals surface area contributed by atoms with E-state index in [1.54, 1.807) is 6.92 Å². The third-order valence-corrected chi connectivity index (χ3v) is 8.32. The van der Waals surface area contributed by atoms with E-state index in [-0.39, 0.29) is 10.5 Å². The van der Waals surface area contributed by atoms with E-state index in [9.17, 15) is 26.4 Å². The minimum Gasteiger partial charge on any atom is -0.356 e. The number of rotatable bonds is 8. The Hall–Kier alpha value is -3.23. The third kappa shape index (κ3) is 6.25. The number of likely N-dealkylation sites (tertiary alicyclic amines) is 1. The van der Waals surface area contributed by atoms with E-state index in [1.807, 2.05) is 30.1 Å². The Morgan fingerprint density at radius 2 is 1.87 bits per heavy atom. The second-order valence-electron chi connectivity index (χ2n) is 8.87. The maximum Gasteiger partial charge on any atom is 0.493 e. The predicted molar refractivity (Wildman–Crippen MR) is 136 cm³/mol. The third-order valence-electron chi connectivity index (χ3n) is 6.23. The lowest BCUT2D eigenvalue weighted by Gasteiger charge is -2.37. The standard InChI is InChI=1S/C24H26F3N5O4S2/c1-17-12-20(38(34,35)32(21-15-37-16-29-21)36-23(33)24(25,26)27)13-28-22(17)30(2)19-8-10-31(11-9-19)14-18-6-4-3-5-7-18/h3-7,12-13,15-16,19H,8-11,14H2,1-2H3. The van der Waals surface area contributed by atoms with Crippen molar-refractivity contribution >= 4 is 39.0 Å². The first-order chi connectivity index (χ1) is 18.0. The molecular weight excluding hydrogens is 543 g/mol. The predicted octanol–water partition coefficient (Wildman–Crippen LogP) is 4.16. The summed E-state index contributed by atoms with van der Waals surface area (Å²) in [4.78, 5) is 27.6. The average Bonchev–Trinajstić information content (AvgIpc) is 3.41. The molecule has 0 saturated carbocycles. The first kappa shape index (κ1) is 27.8. The number of hydrogen-bond donors (Lipinski definition) is 0. The molecule has 1 aliphatic heterocycles. The Morgan fingerprint density at radius 1 is 1.18 bits per heavy atom. The number of halogens is 3. The van der Waals surface area contributed by atoms with Gasteiger partial charge in [-0.1, -0.05) is 34.8 Å². The van der Waals surface area contributed by atoms with E-state index < -0.39 is 32.9 Å². The lowest BCUT2D eigenvalue weighted by Crippen LogP contribution is -2.43. The zero-order valence-electron chi connectivity index (χ0n) is 20.6. The number of nitrogens with zero attached hydrogens (tertiary/aromatic N) is 5. The van der Waals surface area contributed by atoms with Crippen molar-refractivity contribution in [3.63, 3.8) is 0 Å². The molecule has 1 aliphatic rings. The largest absolute Gasteiger partial charge is 0.493 e. The van der Waals surface area contributed by atoms with Crippen molar-refractivity contribution in [1.29, 1.82) is 0 Å². The number of anilines is 2. The van der Waals surface area contributed by atoms with Crippen molar-refractivity contribution in [2.75, 3.05) is 29.5 Å². The minimum atomic E-state index is -5.40. The number of sulfonamides is 1. The Balaban J connectivity index is 1.48. The highest BCUT2D eigenvalue weighted by atomic mass is 32.2. The van der Waals surface area contributed by atoms with E-state index >= 15 is 0 Å². The molecule has 1 saturated heterocycles. The minimum absolute atomic E-state index is 0.123. The fraction of sp³-hybridized carbons (Fsp3) is 0.375. The quantitative estimate of drug-likeness (QED) is 0.373. The fourth-order valence-electron chi connectivity index (χ4n) is 4.27. The van der Waals surface area contributed by atoms with Crippen LogP contribution in [0.25, 0.3) is 0 Å². The summed E-state index contributed by atoms with van der Waals surface area (Å²) in [6, 6.07) is 11.7. The van der Waals surface area contributed by atoms with Gasteiger partial charge in [0.05, 0.1) is 5.51 Å². The van der Waals surface area contributed by atoms with Crippen LogP contribution in [0.4, 0.5) is 24.8 Å². The second-order valence-corrected chi connectivity index (χ2v) is 11.3. The summed E-state index contributed by atoms with van der Waals surface area (Å²) in [6.07, 6.45) is -2.59. The summed E-state index contributed by atoms with van der Waals surface area (Å²) in [6.45, 7) is 4.32. The summed E-state index contributed by atoms with van der Waals surface area (Å²) in [5, 5.41) is 1.15. The van der Waals surface area contributed by atoms with Gasteiger partial charge in [0.1, 0.15) is 10.7 Å². The monoisotopic (exact) mass is 569 g/mol. The molecule has 3 heterocycles. The zero-order valence-corrected chi connectivity index (χ0v) is 22.3. The molecular formula is C24H26F3N5O4S2. The van der Waals surface area contributed by atoms with Crippen molar-refractivity contribution in [3.05, 3.63) is 64.6 Å². The molecule has 0 spiro atoms. The van der Waals surface area contributed by atoms with Gasteiger partial charge < -0.3 is 9.74 Å². The second kappa shape index (κ2) is 11.3. The van der Waals surface area contributed by atoms with Crippen LogP contribution < -0.4 is 9.37 Å². The molecule has 4 rings (SSSR count). The van der Waals surface area contributed by atoms with Crippen molar-refractivity contribution in [1.82, 2.24) is 14.9 Å². The molecule has 0 atom stereocenters. The van der Waals surface area contributed by atoms with Gasteiger partial charge >= 0.3 is 12.1 Å². The molecule has 3 aromatic rings. The fourth-order valence-corrected chi connectivity index (χ4v) is 6.06. The van der Waals surface area contributed by atoms with Gasteiger partial charge in [0.2, 0.25) is 0 Å². The van der Waals surface area contributed by atoms with Crippen LogP contribution >= 0.6 is 11.3 Å². The molecule has 204 valence electrons. The van der Waals surface area contributed by atoms with E-state index in [0.29, 0.717) is 11.4 Å². The van der Waals surface area contributed by atoms with Crippen LogP contribution in [0.1, 0.15) is 24.0 Å². The van der Waals surface area contributed by atoms with Gasteiger partial charge in [-0.15, -0.1) is 11.3 Å². The van der Waals surface area contributed by atoms with Gasteiger partial charge in [-0.05, 0) is 37.0 Å². The number of benzene rings is 1. The molecule has 0 radical (unpaired) electrons. The first-order valence-electron chi connectivity index (χ1n) is 11.6. The number of aromatic nitrogens is 2. The lowest BCUT2D eigenvalue weighted by molar-refractivity contribution is -0.199. The van der Waals surface area contributed by atoms with Crippen LogP contribution in [0, 0.1) is 6.92 Å². The molecule has 14 heteroatoms. The zero-order chi connectivity index (χ0) is 27.5.